The van der Waals surface area contributed by atoms with Crippen LogP contribution in [-0.4, -0.2) is 25.6 Å². The Bertz CT molecular complexity index is 800. The lowest BCUT2D eigenvalue weighted by atomic mass is 10.1. The molecule has 0 aliphatic rings. The molecular weight excluding hydrogens is 346 g/mol. The predicted molar refractivity (Wildman–Crippen MR) is 95.9 cm³/mol. The quantitative estimate of drug-likeness (QED) is 0.854. The van der Waals surface area contributed by atoms with Crippen molar-refractivity contribution >= 4 is 27.3 Å². The number of hydrogen-bond acceptors (Lipinski definition) is 3. The van der Waals surface area contributed by atoms with Crippen molar-refractivity contribution in [1.29, 1.82) is 0 Å². The van der Waals surface area contributed by atoms with Crippen LogP contribution in [0.4, 0.5) is 0 Å². The van der Waals surface area contributed by atoms with Crippen molar-refractivity contribution in [3.05, 3.63) is 65.2 Å². The molecule has 0 fully saturated rings. The van der Waals surface area contributed by atoms with Crippen LogP contribution in [0.5, 0.6) is 0 Å². The van der Waals surface area contributed by atoms with Crippen LogP contribution in [0, 0.1) is 0 Å². The normalized spacial score (nSPS) is 12.0. The first-order chi connectivity index (χ1) is 11.2. The van der Waals surface area contributed by atoms with E-state index in [0.717, 1.165) is 5.56 Å². The number of sulfone groups is 1. The number of nitrogens with one attached hydrogen (secondary N) is 1. The van der Waals surface area contributed by atoms with E-state index >= 15 is 0 Å². The monoisotopic (exact) mass is 365 g/mol. The summed E-state index contributed by atoms with van der Waals surface area (Å²) in [6, 6.07) is 15.5. The molecule has 0 saturated heterocycles. The highest BCUT2D eigenvalue weighted by atomic mass is 35.5. The van der Waals surface area contributed by atoms with E-state index in [1.807, 2.05) is 30.3 Å². The molecule has 2 rings (SSSR count). The predicted octanol–water partition coefficient (Wildman–Crippen LogP) is 3.25. The Labute approximate surface area is 147 Å². The first-order valence-corrected chi connectivity index (χ1v) is 9.43. The minimum absolute atomic E-state index is 0.0788. The summed E-state index contributed by atoms with van der Waals surface area (Å²) >= 11 is 5.79. The largest absolute Gasteiger partial charge is 0.354 e. The van der Waals surface area contributed by atoms with Crippen molar-refractivity contribution in [3.63, 3.8) is 0 Å². The molecule has 2 aromatic carbocycles. The first-order valence-electron chi connectivity index (χ1n) is 7.57. The Balaban J connectivity index is 2.07. The highest BCUT2D eigenvalue weighted by molar-refractivity contribution is 7.93. The van der Waals surface area contributed by atoms with Gasteiger partial charge in [-0.05, 0) is 50.1 Å². The second kappa shape index (κ2) is 7.36. The number of hydrogen-bond donors (Lipinski definition) is 1. The van der Waals surface area contributed by atoms with E-state index in [-0.39, 0.29) is 4.90 Å². The Morgan fingerprint density at radius 1 is 1.04 bits per heavy atom. The van der Waals surface area contributed by atoms with Crippen LogP contribution in [0.25, 0.3) is 0 Å². The molecule has 24 heavy (non-hydrogen) atoms. The molecule has 0 saturated carbocycles. The van der Waals surface area contributed by atoms with E-state index in [4.69, 9.17) is 11.6 Å². The number of amides is 1. The van der Waals surface area contributed by atoms with Crippen molar-refractivity contribution < 1.29 is 13.2 Å². The zero-order valence-corrected chi connectivity index (χ0v) is 15.2. The zero-order valence-electron chi connectivity index (χ0n) is 13.6. The molecule has 1 N–H and O–H groups in total. The van der Waals surface area contributed by atoms with Gasteiger partial charge in [-0.3, -0.25) is 4.79 Å². The lowest BCUT2D eigenvalue weighted by molar-refractivity contribution is -0.122. The summed E-state index contributed by atoms with van der Waals surface area (Å²) in [4.78, 5) is 12.5. The second-order valence-corrected chi connectivity index (χ2v) is 8.89. The van der Waals surface area contributed by atoms with Crippen molar-refractivity contribution in [2.24, 2.45) is 0 Å². The molecule has 0 aliphatic carbocycles. The van der Waals surface area contributed by atoms with Gasteiger partial charge < -0.3 is 5.32 Å². The van der Waals surface area contributed by atoms with Gasteiger partial charge in [0.15, 0.2) is 9.84 Å². The van der Waals surface area contributed by atoms with Gasteiger partial charge in [-0.15, -0.1) is 0 Å². The summed E-state index contributed by atoms with van der Waals surface area (Å²) in [5, 5.41) is 3.16. The molecule has 0 atom stereocenters. The Morgan fingerprint density at radius 2 is 1.62 bits per heavy atom. The highest BCUT2D eigenvalue weighted by Gasteiger charge is 2.42. The summed E-state index contributed by atoms with van der Waals surface area (Å²) < 4.78 is 23.9. The molecule has 128 valence electrons. The molecule has 6 heteroatoms. The molecule has 1 amide bonds. The van der Waals surface area contributed by atoms with Gasteiger partial charge in [0.25, 0.3) is 0 Å². The maximum absolute atomic E-state index is 12.7. The van der Waals surface area contributed by atoms with Gasteiger partial charge in [-0.1, -0.05) is 41.9 Å². The van der Waals surface area contributed by atoms with E-state index in [1.165, 1.54) is 38.1 Å². The lowest BCUT2D eigenvalue weighted by Crippen LogP contribution is -2.48. The minimum atomic E-state index is -3.82. The van der Waals surface area contributed by atoms with Gasteiger partial charge in [-0.25, -0.2) is 8.42 Å². The van der Waals surface area contributed by atoms with Crippen LogP contribution in [0.1, 0.15) is 19.4 Å². The van der Waals surface area contributed by atoms with Gasteiger partial charge in [0.2, 0.25) is 5.91 Å². The van der Waals surface area contributed by atoms with E-state index < -0.39 is 20.5 Å². The molecule has 2 aromatic rings. The third kappa shape index (κ3) is 3.97. The van der Waals surface area contributed by atoms with Crippen LogP contribution in [0.2, 0.25) is 5.02 Å². The number of carbonyl (C=O) groups excluding carboxylic acids is 1. The van der Waals surface area contributed by atoms with Gasteiger partial charge >= 0.3 is 0 Å². The molecule has 0 spiro atoms. The second-order valence-electron chi connectivity index (χ2n) is 5.96. The van der Waals surface area contributed by atoms with Crippen molar-refractivity contribution in [2.75, 3.05) is 6.54 Å². The minimum Gasteiger partial charge on any atom is -0.354 e. The van der Waals surface area contributed by atoms with Crippen molar-refractivity contribution in [3.8, 4) is 0 Å². The fraction of sp³-hybridized carbons (Fsp3) is 0.278. The number of rotatable bonds is 6. The molecule has 0 heterocycles. The van der Waals surface area contributed by atoms with Gasteiger partial charge in [0.05, 0.1) is 4.90 Å². The molecule has 0 bridgehead atoms. The summed E-state index contributed by atoms with van der Waals surface area (Å²) in [7, 11) is -3.82. The molecule has 0 unspecified atom stereocenters. The van der Waals surface area contributed by atoms with Crippen LogP contribution >= 0.6 is 11.6 Å². The van der Waals surface area contributed by atoms with Crippen LogP contribution < -0.4 is 5.32 Å². The average molecular weight is 366 g/mol. The molecule has 0 aromatic heterocycles. The summed E-state index contributed by atoms with van der Waals surface area (Å²) in [6.45, 7) is 3.20. The third-order valence-corrected chi connectivity index (χ3v) is 6.56. The Hall–Kier alpha value is -1.85. The van der Waals surface area contributed by atoms with Gasteiger partial charge in [0, 0.05) is 11.6 Å². The maximum Gasteiger partial charge on any atom is 0.241 e. The van der Waals surface area contributed by atoms with E-state index in [9.17, 15) is 13.2 Å². The molecule has 4 nitrogen and oxygen atoms in total. The van der Waals surface area contributed by atoms with Gasteiger partial charge in [-0.2, -0.15) is 0 Å². The zero-order chi connectivity index (χ0) is 17.8. The lowest BCUT2D eigenvalue weighted by Gasteiger charge is -2.24. The van der Waals surface area contributed by atoms with E-state index in [2.05, 4.69) is 5.32 Å². The topological polar surface area (TPSA) is 63.2 Å². The highest BCUT2D eigenvalue weighted by Crippen LogP contribution is 2.26. The van der Waals surface area contributed by atoms with E-state index in [0.29, 0.717) is 18.0 Å². The molecule has 0 radical (unpaired) electrons. The molecule has 0 aliphatic heterocycles. The first kappa shape index (κ1) is 18.5. The molecular formula is C18H20ClNO3S. The maximum atomic E-state index is 12.7. The Kier molecular flexibility index (Phi) is 5.67. The van der Waals surface area contributed by atoms with Crippen molar-refractivity contribution in [2.45, 2.75) is 29.9 Å². The average Bonchev–Trinajstić information content (AvgIpc) is 2.56. The third-order valence-electron chi connectivity index (χ3n) is 3.88. The summed E-state index contributed by atoms with van der Waals surface area (Å²) in [6.07, 6.45) is 0.643. The summed E-state index contributed by atoms with van der Waals surface area (Å²) in [5.41, 5.74) is 1.08. The standard InChI is InChI=1S/C18H20ClNO3S/c1-18(2,24(22,23)16-10-8-15(19)9-11-16)17(21)20-13-12-14-6-4-3-5-7-14/h3-11H,12-13H2,1-2H3,(H,20,21). The van der Waals surface area contributed by atoms with Crippen LogP contribution in [0.3, 0.4) is 0 Å². The number of halogens is 1. The number of carbonyl (C=O) groups is 1. The van der Waals surface area contributed by atoms with Gasteiger partial charge in [0.1, 0.15) is 4.75 Å². The van der Waals surface area contributed by atoms with Crippen molar-refractivity contribution in [1.82, 2.24) is 5.32 Å². The fourth-order valence-corrected chi connectivity index (χ4v) is 3.73. The van der Waals surface area contributed by atoms with E-state index in [1.54, 1.807) is 0 Å². The van der Waals surface area contributed by atoms with Crippen LogP contribution in [0.15, 0.2) is 59.5 Å². The van der Waals surface area contributed by atoms with Crippen LogP contribution in [-0.2, 0) is 21.1 Å². The summed E-state index contributed by atoms with van der Waals surface area (Å²) in [5.74, 6) is -0.520. The fourth-order valence-electron chi connectivity index (χ4n) is 2.21. The Morgan fingerprint density at radius 3 is 2.21 bits per heavy atom. The smallest absolute Gasteiger partial charge is 0.241 e. The SMILES string of the molecule is CC(C)(C(=O)NCCc1ccccc1)S(=O)(=O)c1ccc(Cl)cc1. The number of benzene rings is 2.